The normalized spacial score (nSPS) is 12.8. The van der Waals surface area contributed by atoms with E-state index in [9.17, 15) is 4.79 Å². The lowest BCUT2D eigenvalue weighted by Crippen LogP contribution is -1.85. The molecule has 0 aliphatic heterocycles. The highest BCUT2D eigenvalue weighted by Crippen LogP contribution is 1.97. The van der Waals surface area contributed by atoms with E-state index in [-0.39, 0.29) is 0 Å². The van der Waals surface area contributed by atoms with Gasteiger partial charge in [-0.15, -0.1) is 0 Å². The largest absolute Gasteiger partial charge is 0.478 e. The molecule has 2 nitrogen and oxygen atoms in total. The first kappa shape index (κ1) is 18.2. The van der Waals surface area contributed by atoms with Crippen molar-refractivity contribution in [3.05, 3.63) is 60.8 Å². The van der Waals surface area contributed by atoms with Crippen molar-refractivity contribution in [3.8, 4) is 0 Å². The molecular formula is C18H26O2. The van der Waals surface area contributed by atoms with Crippen molar-refractivity contribution >= 4 is 5.97 Å². The van der Waals surface area contributed by atoms with Crippen LogP contribution in [0.15, 0.2) is 60.8 Å². The minimum absolute atomic E-state index is 0.778. The first-order valence-corrected chi connectivity index (χ1v) is 7.26. The molecule has 0 saturated carbocycles. The molecule has 0 aliphatic rings. The highest BCUT2D eigenvalue weighted by Gasteiger charge is 1.83. The van der Waals surface area contributed by atoms with Crippen LogP contribution in [0.25, 0.3) is 0 Å². The molecule has 0 atom stereocenters. The van der Waals surface area contributed by atoms with Gasteiger partial charge in [-0.2, -0.15) is 0 Å². The van der Waals surface area contributed by atoms with Gasteiger partial charge in [0, 0.05) is 6.08 Å². The van der Waals surface area contributed by atoms with E-state index < -0.39 is 5.97 Å². The highest BCUT2D eigenvalue weighted by molar-refractivity contribution is 5.79. The Bertz CT molecular complexity index is 371. The average molecular weight is 274 g/mol. The van der Waals surface area contributed by atoms with Crippen molar-refractivity contribution in [1.82, 2.24) is 0 Å². The summed E-state index contributed by atoms with van der Waals surface area (Å²) in [5, 5.41) is 8.39. The van der Waals surface area contributed by atoms with Gasteiger partial charge in [-0.05, 0) is 38.5 Å². The van der Waals surface area contributed by atoms with E-state index in [0.29, 0.717) is 0 Å². The van der Waals surface area contributed by atoms with E-state index in [0.717, 1.165) is 38.5 Å². The molecule has 2 heteroatoms. The minimum Gasteiger partial charge on any atom is -0.478 e. The number of unbranched alkanes of at least 4 members (excludes halogenated alkanes) is 1. The number of hydrogen-bond acceptors (Lipinski definition) is 1. The second-order valence-electron chi connectivity index (χ2n) is 4.32. The van der Waals surface area contributed by atoms with Gasteiger partial charge < -0.3 is 5.11 Å². The maximum Gasteiger partial charge on any atom is 0.327 e. The molecule has 110 valence electrons. The maximum absolute atomic E-state index is 10.2. The number of aliphatic carboxylic acids is 1. The zero-order valence-corrected chi connectivity index (χ0v) is 12.4. The molecule has 0 spiro atoms. The van der Waals surface area contributed by atoms with Crippen LogP contribution in [0.3, 0.4) is 0 Å². The molecule has 0 fully saturated rings. The van der Waals surface area contributed by atoms with Gasteiger partial charge in [-0.1, -0.05) is 61.6 Å². The SMILES string of the molecule is CC/C=C\C/C=C\C/C=C\C/C=C\CC/C=C/C(=O)O. The van der Waals surface area contributed by atoms with Gasteiger partial charge in [0.2, 0.25) is 0 Å². The molecule has 0 heterocycles. The van der Waals surface area contributed by atoms with E-state index in [4.69, 9.17) is 5.11 Å². The summed E-state index contributed by atoms with van der Waals surface area (Å²) in [5.41, 5.74) is 0. The quantitative estimate of drug-likeness (QED) is 0.319. The molecule has 0 bridgehead atoms. The van der Waals surface area contributed by atoms with Crippen LogP contribution in [-0.2, 0) is 4.79 Å². The molecule has 0 amide bonds. The summed E-state index contributed by atoms with van der Waals surface area (Å²) in [4.78, 5) is 10.2. The Morgan fingerprint density at radius 2 is 1.20 bits per heavy atom. The van der Waals surface area contributed by atoms with E-state index in [1.54, 1.807) is 6.08 Å². The Labute approximate surface area is 122 Å². The lowest BCUT2D eigenvalue weighted by Gasteiger charge is -1.86. The summed E-state index contributed by atoms with van der Waals surface area (Å²) in [5.74, 6) is -0.879. The molecule has 0 radical (unpaired) electrons. The smallest absolute Gasteiger partial charge is 0.327 e. The van der Waals surface area contributed by atoms with Gasteiger partial charge in [0.1, 0.15) is 0 Å². The van der Waals surface area contributed by atoms with Gasteiger partial charge in [0.25, 0.3) is 0 Å². The summed E-state index contributed by atoms with van der Waals surface area (Å²) in [6, 6.07) is 0. The van der Waals surface area contributed by atoms with Crippen LogP contribution in [0, 0.1) is 0 Å². The fourth-order valence-electron chi connectivity index (χ4n) is 1.47. The molecule has 20 heavy (non-hydrogen) atoms. The van der Waals surface area contributed by atoms with Crippen molar-refractivity contribution < 1.29 is 9.90 Å². The summed E-state index contributed by atoms with van der Waals surface area (Å²) in [7, 11) is 0. The molecule has 0 rings (SSSR count). The zero-order valence-electron chi connectivity index (χ0n) is 12.4. The molecule has 0 aromatic carbocycles. The van der Waals surface area contributed by atoms with E-state index in [2.05, 4.69) is 55.5 Å². The third-order valence-corrected chi connectivity index (χ3v) is 2.48. The van der Waals surface area contributed by atoms with Crippen LogP contribution in [-0.4, -0.2) is 11.1 Å². The van der Waals surface area contributed by atoms with Crippen molar-refractivity contribution in [2.24, 2.45) is 0 Å². The van der Waals surface area contributed by atoms with Gasteiger partial charge >= 0.3 is 5.97 Å². The molecule has 0 aromatic rings. The molecule has 0 aliphatic carbocycles. The standard InChI is InChI=1S/C18H26O2/c1-2-3-4-5-6-7-8-9-10-11-12-13-14-15-16-17-18(19)20/h3-4,6-7,9-10,12-13,16-17H,2,5,8,11,14-15H2,1H3,(H,19,20)/b4-3-,7-6-,10-9-,13-12-,17-16+. The van der Waals surface area contributed by atoms with Crippen LogP contribution < -0.4 is 0 Å². The van der Waals surface area contributed by atoms with Crippen molar-refractivity contribution in [2.45, 2.75) is 45.4 Å². The topological polar surface area (TPSA) is 37.3 Å². The Morgan fingerprint density at radius 3 is 1.70 bits per heavy atom. The number of rotatable bonds is 11. The second-order valence-corrected chi connectivity index (χ2v) is 4.32. The lowest BCUT2D eigenvalue weighted by molar-refractivity contribution is -0.131. The fraction of sp³-hybridized carbons (Fsp3) is 0.389. The predicted octanol–water partition coefficient (Wildman–Crippen LogP) is 5.21. The van der Waals surface area contributed by atoms with Gasteiger partial charge in [0.15, 0.2) is 0 Å². The van der Waals surface area contributed by atoms with Gasteiger partial charge in [-0.25, -0.2) is 4.79 Å². The Hall–Kier alpha value is -1.83. The monoisotopic (exact) mass is 274 g/mol. The van der Waals surface area contributed by atoms with Crippen LogP contribution in [0.5, 0.6) is 0 Å². The zero-order chi connectivity index (χ0) is 14.9. The summed E-state index contributed by atoms with van der Waals surface area (Å²) in [6.07, 6.45) is 25.8. The first-order chi connectivity index (χ1) is 9.77. The maximum atomic E-state index is 10.2. The highest BCUT2D eigenvalue weighted by atomic mass is 16.4. The van der Waals surface area contributed by atoms with Gasteiger partial charge in [-0.3, -0.25) is 0 Å². The summed E-state index contributed by atoms with van der Waals surface area (Å²) in [6.45, 7) is 2.14. The van der Waals surface area contributed by atoms with Crippen LogP contribution in [0.4, 0.5) is 0 Å². The van der Waals surface area contributed by atoms with E-state index in [1.807, 2.05) is 0 Å². The fourth-order valence-corrected chi connectivity index (χ4v) is 1.47. The number of carbonyl (C=O) groups is 1. The summed E-state index contributed by atoms with van der Waals surface area (Å²) < 4.78 is 0. The van der Waals surface area contributed by atoms with Crippen LogP contribution in [0.1, 0.15) is 45.4 Å². The number of allylic oxidation sites excluding steroid dienone is 9. The second kappa shape index (κ2) is 15.2. The number of carboxylic acids is 1. The average Bonchev–Trinajstić information content (AvgIpc) is 2.43. The molecule has 0 aromatic heterocycles. The predicted molar refractivity (Wildman–Crippen MR) is 86.7 cm³/mol. The van der Waals surface area contributed by atoms with Crippen molar-refractivity contribution in [2.75, 3.05) is 0 Å². The van der Waals surface area contributed by atoms with Gasteiger partial charge in [0.05, 0.1) is 0 Å². The van der Waals surface area contributed by atoms with Crippen molar-refractivity contribution in [3.63, 3.8) is 0 Å². The molecule has 1 N–H and O–H groups in total. The van der Waals surface area contributed by atoms with E-state index >= 15 is 0 Å². The number of hydrogen-bond donors (Lipinski definition) is 1. The Morgan fingerprint density at radius 1 is 0.750 bits per heavy atom. The third kappa shape index (κ3) is 16.2. The number of carboxylic acid groups (broad SMARTS) is 1. The lowest BCUT2D eigenvalue weighted by atomic mass is 10.2. The van der Waals surface area contributed by atoms with Crippen LogP contribution in [0.2, 0.25) is 0 Å². The Kier molecular flexibility index (Phi) is 13.8. The first-order valence-electron chi connectivity index (χ1n) is 7.26. The summed E-state index contributed by atoms with van der Waals surface area (Å²) >= 11 is 0. The molecular weight excluding hydrogens is 248 g/mol. The minimum atomic E-state index is -0.879. The molecule has 0 unspecified atom stereocenters. The Balaban J connectivity index is 3.47. The molecule has 0 saturated heterocycles. The van der Waals surface area contributed by atoms with E-state index in [1.165, 1.54) is 6.08 Å². The third-order valence-electron chi connectivity index (χ3n) is 2.48. The van der Waals surface area contributed by atoms with Crippen molar-refractivity contribution in [1.29, 1.82) is 0 Å². The van der Waals surface area contributed by atoms with Crippen LogP contribution >= 0.6 is 0 Å².